The number of carbonyl (C=O) groups is 4. The molecule has 0 amide bonds. The van der Waals surface area contributed by atoms with Crippen LogP contribution in [0.3, 0.4) is 0 Å². The summed E-state index contributed by atoms with van der Waals surface area (Å²) < 4.78 is 68.9. The molecule has 0 aromatic heterocycles. The van der Waals surface area contributed by atoms with Gasteiger partial charge in [-0.25, -0.2) is 9.13 Å². The molecule has 0 saturated carbocycles. The molecular formula is C84H164O17P2. The van der Waals surface area contributed by atoms with Gasteiger partial charge >= 0.3 is 39.5 Å². The normalized spacial score (nSPS) is 14.2. The Morgan fingerprint density at radius 2 is 0.466 bits per heavy atom. The lowest BCUT2D eigenvalue weighted by Gasteiger charge is -2.21. The van der Waals surface area contributed by atoms with E-state index in [1.807, 2.05) is 0 Å². The highest BCUT2D eigenvalue weighted by Crippen LogP contribution is 2.45. The Kier molecular flexibility index (Phi) is 71.5. The lowest BCUT2D eigenvalue weighted by molar-refractivity contribution is -0.161. The summed E-state index contributed by atoms with van der Waals surface area (Å²) in [4.78, 5) is 73.2. The van der Waals surface area contributed by atoms with Crippen LogP contribution in [0.15, 0.2) is 0 Å². The van der Waals surface area contributed by atoms with E-state index in [1.165, 1.54) is 238 Å². The standard InChI is InChI=1S/C84H164O17P2/c1-9-77(8)63-55-47-39-31-25-26-34-43-51-59-67-84(89)101-80(71-95-82(87)65-57-49-41-35-27-30-38-46-54-62-76(6)7)73-99-103(92,93)97-69-78(85)68-96-102(90,91)98-72-79(70-94-81(86)64-56-48-40-32-23-19-16-12-14-18-22-29-37-45-53-61-75(4)5)100-83(88)66-58-50-42-33-24-20-15-11-10-13-17-21-28-36-44-52-60-74(2)3/h74-80,85H,9-73H2,1-8H3,(H,90,91)(H,92,93)/t77?,78-,79-,80-/m1/s1. The minimum Gasteiger partial charge on any atom is -0.462 e. The van der Waals surface area contributed by atoms with Crippen molar-refractivity contribution in [2.45, 2.75) is 453 Å². The third kappa shape index (κ3) is 76.6. The maximum atomic E-state index is 13.1. The number of aliphatic hydroxyl groups is 1. The number of ether oxygens (including phenoxy) is 4. The topological polar surface area (TPSA) is 237 Å². The predicted molar refractivity (Wildman–Crippen MR) is 423 cm³/mol. The average molecular weight is 1510 g/mol. The smallest absolute Gasteiger partial charge is 0.462 e. The van der Waals surface area contributed by atoms with Crippen molar-refractivity contribution in [3.63, 3.8) is 0 Å². The number of unbranched alkanes of at least 4 members (excludes halogenated alkanes) is 46. The molecule has 0 aromatic carbocycles. The van der Waals surface area contributed by atoms with Gasteiger partial charge in [-0.15, -0.1) is 0 Å². The molecule has 0 aliphatic heterocycles. The van der Waals surface area contributed by atoms with Gasteiger partial charge in [0.1, 0.15) is 19.3 Å². The quantitative estimate of drug-likeness (QED) is 0.0222. The van der Waals surface area contributed by atoms with Crippen LogP contribution >= 0.6 is 15.6 Å². The van der Waals surface area contributed by atoms with E-state index in [0.717, 1.165) is 114 Å². The molecule has 612 valence electrons. The Morgan fingerprint density at radius 3 is 0.689 bits per heavy atom. The molecule has 0 saturated heterocycles. The Bertz CT molecular complexity index is 2010. The van der Waals surface area contributed by atoms with Gasteiger partial charge in [-0.3, -0.25) is 37.3 Å². The number of phosphoric ester groups is 2. The van der Waals surface area contributed by atoms with E-state index >= 15 is 0 Å². The van der Waals surface area contributed by atoms with Crippen molar-refractivity contribution in [2.75, 3.05) is 39.6 Å². The van der Waals surface area contributed by atoms with Gasteiger partial charge in [-0.2, -0.15) is 0 Å². The van der Waals surface area contributed by atoms with Crippen LogP contribution in [0.1, 0.15) is 434 Å². The second-order valence-corrected chi connectivity index (χ2v) is 34.8. The monoisotopic (exact) mass is 1510 g/mol. The Labute approximate surface area is 632 Å². The van der Waals surface area contributed by atoms with Crippen molar-refractivity contribution in [1.82, 2.24) is 0 Å². The molecule has 0 radical (unpaired) electrons. The van der Waals surface area contributed by atoms with Gasteiger partial charge in [0.25, 0.3) is 0 Å². The Balaban J connectivity index is 5.26. The molecule has 0 rings (SSSR count). The van der Waals surface area contributed by atoms with Gasteiger partial charge in [0.15, 0.2) is 12.2 Å². The van der Waals surface area contributed by atoms with Crippen LogP contribution in [0.5, 0.6) is 0 Å². The first-order chi connectivity index (χ1) is 49.6. The zero-order valence-electron chi connectivity index (χ0n) is 68.0. The number of carbonyl (C=O) groups excluding carboxylic acids is 4. The van der Waals surface area contributed by atoms with Crippen LogP contribution in [0.25, 0.3) is 0 Å². The predicted octanol–water partition coefficient (Wildman–Crippen LogP) is 25.2. The van der Waals surface area contributed by atoms with Crippen molar-refractivity contribution in [3.8, 4) is 0 Å². The summed E-state index contributed by atoms with van der Waals surface area (Å²) in [5, 5.41) is 10.7. The molecular weight excluding hydrogens is 1340 g/mol. The molecule has 3 unspecified atom stereocenters. The maximum Gasteiger partial charge on any atom is 0.472 e. The lowest BCUT2D eigenvalue weighted by Crippen LogP contribution is -2.30. The van der Waals surface area contributed by atoms with Crippen LogP contribution in [0.2, 0.25) is 0 Å². The number of hydrogen-bond donors (Lipinski definition) is 3. The molecule has 6 atom stereocenters. The van der Waals surface area contributed by atoms with E-state index in [0.29, 0.717) is 25.7 Å². The molecule has 17 nitrogen and oxygen atoms in total. The third-order valence-electron chi connectivity index (χ3n) is 19.9. The maximum absolute atomic E-state index is 13.1. The number of phosphoric acid groups is 2. The molecule has 103 heavy (non-hydrogen) atoms. The summed E-state index contributed by atoms with van der Waals surface area (Å²) >= 11 is 0. The highest BCUT2D eigenvalue weighted by Gasteiger charge is 2.30. The Morgan fingerprint density at radius 1 is 0.272 bits per heavy atom. The van der Waals surface area contributed by atoms with Crippen LogP contribution in [0, 0.1) is 23.7 Å². The second-order valence-electron chi connectivity index (χ2n) is 31.9. The van der Waals surface area contributed by atoms with E-state index in [2.05, 4.69) is 55.4 Å². The summed E-state index contributed by atoms with van der Waals surface area (Å²) in [6.07, 6.45) is 61.0. The van der Waals surface area contributed by atoms with Crippen LogP contribution in [-0.4, -0.2) is 96.7 Å². The largest absolute Gasteiger partial charge is 0.472 e. The van der Waals surface area contributed by atoms with Crippen molar-refractivity contribution < 1.29 is 80.2 Å². The van der Waals surface area contributed by atoms with E-state index < -0.39 is 97.5 Å². The van der Waals surface area contributed by atoms with Crippen molar-refractivity contribution >= 4 is 39.5 Å². The summed E-state index contributed by atoms with van der Waals surface area (Å²) in [7, 11) is -9.93. The first-order valence-corrected chi connectivity index (χ1v) is 46.2. The third-order valence-corrected chi connectivity index (χ3v) is 21.8. The summed E-state index contributed by atoms with van der Waals surface area (Å²) in [5.74, 6) is 1.05. The van der Waals surface area contributed by atoms with E-state index in [1.54, 1.807) is 0 Å². The summed E-state index contributed by atoms with van der Waals surface area (Å²) in [5.41, 5.74) is 0. The van der Waals surface area contributed by atoms with Gasteiger partial charge < -0.3 is 33.8 Å². The molecule has 19 heteroatoms. The van der Waals surface area contributed by atoms with E-state index in [9.17, 15) is 43.2 Å². The molecule has 0 heterocycles. The van der Waals surface area contributed by atoms with Crippen molar-refractivity contribution in [2.24, 2.45) is 23.7 Å². The fraction of sp³-hybridized carbons (Fsp3) is 0.952. The first-order valence-electron chi connectivity index (χ1n) is 43.2. The lowest BCUT2D eigenvalue weighted by atomic mass is 9.99. The van der Waals surface area contributed by atoms with Gasteiger partial charge in [0.2, 0.25) is 0 Å². The average Bonchev–Trinajstić information content (AvgIpc) is 0.909. The molecule has 3 N–H and O–H groups in total. The molecule has 0 aromatic rings. The fourth-order valence-corrected chi connectivity index (χ4v) is 14.5. The Hall–Kier alpha value is -1.94. The number of esters is 4. The minimum absolute atomic E-state index is 0.106. The second kappa shape index (κ2) is 72.9. The van der Waals surface area contributed by atoms with E-state index in [4.69, 9.17) is 37.0 Å². The van der Waals surface area contributed by atoms with Gasteiger partial charge in [-0.1, -0.05) is 383 Å². The van der Waals surface area contributed by atoms with Crippen molar-refractivity contribution in [1.29, 1.82) is 0 Å². The minimum atomic E-state index is -4.97. The number of rotatable bonds is 81. The summed E-state index contributed by atoms with van der Waals surface area (Å²) in [6, 6.07) is 0. The highest BCUT2D eigenvalue weighted by molar-refractivity contribution is 7.47. The van der Waals surface area contributed by atoms with Gasteiger partial charge in [-0.05, 0) is 49.4 Å². The van der Waals surface area contributed by atoms with Gasteiger partial charge in [0, 0.05) is 25.7 Å². The highest BCUT2D eigenvalue weighted by atomic mass is 31.2. The fourth-order valence-electron chi connectivity index (χ4n) is 12.9. The van der Waals surface area contributed by atoms with Crippen LogP contribution in [0.4, 0.5) is 0 Å². The SMILES string of the molecule is CCC(C)CCCCCCCCCCCCC(=O)O[C@H](COC(=O)CCCCCCCCCCCC(C)C)COP(=O)(O)OC[C@H](O)COP(=O)(O)OC[C@@H](COC(=O)CCCCCCCCCCCCCCCCCC(C)C)OC(=O)CCCCCCCCCCCCCCCCCCC(C)C. The first kappa shape index (κ1) is 101. The van der Waals surface area contributed by atoms with Gasteiger partial charge in [0.05, 0.1) is 26.4 Å². The molecule has 0 fully saturated rings. The molecule has 0 bridgehead atoms. The van der Waals surface area contributed by atoms with Crippen LogP contribution in [-0.2, 0) is 65.4 Å². The van der Waals surface area contributed by atoms with E-state index in [-0.39, 0.29) is 25.7 Å². The summed E-state index contributed by atoms with van der Waals surface area (Å²) in [6.45, 7) is 14.3. The number of aliphatic hydroxyl groups excluding tert-OH is 1. The molecule has 0 aliphatic rings. The zero-order chi connectivity index (χ0) is 76.0. The zero-order valence-corrected chi connectivity index (χ0v) is 69.7. The molecule has 0 aliphatic carbocycles. The number of hydrogen-bond acceptors (Lipinski definition) is 15. The van der Waals surface area contributed by atoms with Crippen molar-refractivity contribution in [3.05, 3.63) is 0 Å². The molecule has 0 spiro atoms. The van der Waals surface area contributed by atoms with Crippen LogP contribution < -0.4 is 0 Å².